The predicted molar refractivity (Wildman–Crippen MR) is 65.8 cm³/mol. The first-order chi connectivity index (χ1) is 8.90. The first-order valence-corrected chi connectivity index (χ1v) is 6.05. The lowest BCUT2D eigenvalue weighted by Crippen LogP contribution is -2.43. The summed E-state index contributed by atoms with van der Waals surface area (Å²) in [7, 11) is 0. The molecule has 6 heteroatoms. The van der Waals surface area contributed by atoms with Crippen molar-refractivity contribution in [3.05, 3.63) is 29.8 Å². The number of carbonyl (C=O) groups is 1. The molecule has 1 saturated carbocycles. The zero-order chi connectivity index (χ0) is 14.0. The van der Waals surface area contributed by atoms with Crippen LogP contribution in [0.25, 0.3) is 0 Å². The second kappa shape index (κ2) is 5.13. The second-order valence-corrected chi connectivity index (χ2v) is 4.80. The molecular weight excluding hydrogens is 254 g/mol. The molecule has 1 fully saturated rings. The Morgan fingerprint density at radius 1 is 1.37 bits per heavy atom. The summed E-state index contributed by atoms with van der Waals surface area (Å²) in [4.78, 5) is 11.8. The number of carbonyl (C=O) groups excluding carboxylic acids is 1. The minimum atomic E-state index is -2.84. The van der Waals surface area contributed by atoms with Crippen LogP contribution in [-0.4, -0.2) is 18.1 Å². The summed E-state index contributed by atoms with van der Waals surface area (Å²) in [6, 6.07) is 5.94. The summed E-state index contributed by atoms with van der Waals surface area (Å²) < 4.78 is 28.2. The maximum Gasteiger partial charge on any atom is 0.387 e. The van der Waals surface area contributed by atoms with Crippen LogP contribution >= 0.6 is 0 Å². The van der Waals surface area contributed by atoms with Crippen molar-refractivity contribution >= 4 is 5.91 Å². The molecule has 0 bridgehead atoms. The Morgan fingerprint density at radius 2 is 1.95 bits per heavy atom. The van der Waals surface area contributed by atoms with E-state index in [2.05, 4.69) is 10.1 Å². The molecule has 1 aliphatic rings. The van der Waals surface area contributed by atoms with Crippen molar-refractivity contribution in [3.8, 4) is 5.75 Å². The molecule has 4 nitrogen and oxygen atoms in total. The average Bonchev–Trinajstić information content (AvgIpc) is 3.09. The summed E-state index contributed by atoms with van der Waals surface area (Å²) >= 11 is 0. The van der Waals surface area contributed by atoms with Crippen LogP contribution in [0.1, 0.15) is 31.4 Å². The molecule has 1 aliphatic carbocycles. The first kappa shape index (κ1) is 13.7. The largest absolute Gasteiger partial charge is 0.435 e. The number of amides is 1. The van der Waals surface area contributed by atoms with E-state index in [-0.39, 0.29) is 17.7 Å². The quantitative estimate of drug-likeness (QED) is 0.859. The Morgan fingerprint density at radius 3 is 2.42 bits per heavy atom. The number of benzene rings is 1. The van der Waals surface area contributed by atoms with Gasteiger partial charge in [0.1, 0.15) is 5.75 Å². The molecule has 104 valence electrons. The fraction of sp³-hybridized carbons (Fsp3) is 0.462. The van der Waals surface area contributed by atoms with Gasteiger partial charge in [-0.05, 0) is 37.5 Å². The summed E-state index contributed by atoms with van der Waals surface area (Å²) in [5, 5.41) is 2.81. The summed E-state index contributed by atoms with van der Waals surface area (Å²) in [5.41, 5.74) is 5.87. The Hall–Kier alpha value is -1.69. The Labute approximate surface area is 109 Å². The SMILES string of the molecule is C[C@H](NC(=O)C1(N)CC1)c1ccc(OC(F)F)cc1. The van der Waals surface area contributed by atoms with E-state index in [4.69, 9.17) is 5.73 Å². The Bertz CT molecular complexity index is 458. The maximum atomic E-state index is 12.0. The van der Waals surface area contributed by atoms with Gasteiger partial charge in [-0.15, -0.1) is 0 Å². The minimum absolute atomic E-state index is 0.0924. The molecule has 3 N–H and O–H groups in total. The van der Waals surface area contributed by atoms with Gasteiger partial charge in [0, 0.05) is 0 Å². The number of halogens is 2. The molecule has 1 atom stereocenters. The molecule has 1 amide bonds. The van der Waals surface area contributed by atoms with E-state index in [0.29, 0.717) is 12.8 Å². The number of nitrogens with one attached hydrogen (secondary N) is 1. The van der Waals surface area contributed by atoms with Gasteiger partial charge >= 0.3 is 6.61 Å². The molecular formula is C13H16F2N2O2. The highest BCUT2D eigenvalue weighted by Crippen LogP contribution is 2.33. The molecule has 0 heterocycles. The van der Waals surface area contributed by atoms with Crippen molar-refractivity contribution in [2.75, 3.05) is 0 Å². The molecule has 0 spiro atoms. The van der Waals surface area contributed by atoms with E-state index in [9.17, 15) is 13.6 Å². The predicted octanol–water partition coefficient (Wildman–Crippen LogP) is 1.96. The minimum Gasteiger partial charge on any atom is -0.435 e. The molecule has 19 heavy (non-hydrogen) atoms. The third-order valence-electron chi connectivity index (χ3n) is 3.19. The van der Waals surface area contributed by atoms with Crippen molar-refractivity contribution in [3.63, 3.8) is 0 Å². The molecule has 0 radical (unpaired) electrons. The van der Waals surface area contributed by atoms with Crippen molar-refractivity contribution in [2.45, 2.75) is 38.0 Å². The topological polar surface area (TPSA) is 64.4 Å². The molecule has 2 rings (SSSR count). The number of rotatable bonds is 5. The Balaban J connectivity index is 1.95. The van der Waals surface area contributed by atoms with Crippen LogP contribution in [0.3, 0.4) is 0 Å². The second-order valence-electron chi connectivity index (χ2n) is 4.80. The van der Waals surface area contributed by atoms with Gasteiger partial charge in [-0.1, -0.05) is 12.1 Å². The average molecular weight is 270 g/mol. The van der Waals surface area contributed by atoms with Crippen LogP contribution in [0.15, 0.2) is 24.3 Å². The fourth-order valence-corrected chi connectivity index (χ4v) is 1.72. The van der Waals surface area contributed by atoms with E-state index in [1.165, 1.54) is 12.1 Å². The van der Waals surface area contributed by atoms with Crippen LogP contribution in [0.4, 0.5) is 8.78 Å². The molecule has 1 aromatic rings. The number of alkyl halides is 2. The van der Waals surface area contributed by atoms with Crippen LogP contribution in [0, 0.1) is 0 Å². The highest BCUT2D eigenvalue weighted by atomic mass is 19.3. The highest BCUT2D eigenvalue weighted by Gasteiger charge is 2.46. The summed E-state index contributed by atoms with van der Waals surface area (Å²) in [6.07, 6.45) is 1.40. The van der Waals surface area contributed by atoms with Gasteiger partial charge < -0.3 is 15.8 Å². The lowest BCUT2D eigenvalue weighted by Gasteiger charge is -2.17. The summed E-state index contributed by atoms with van der Waals surface area (Å²) in [5.74, 6) is -0.0809. The van der Waals surface area contributed by atoms with Crippen molar-refractivity contribution in [2.24, 2.45) is 5.73 Å². The van der Waals surface area contributed by atoms with E-state index in [1.54, 1.807) is 12.1 Å². The number of nitrogens with two attached hydrogens (primary N) is 1. The van der Waals surface area contributed by atoms with Gasteiger partial charge in [0.25, 0.3) is 0 Å². The van der Waals surface area contributed by atoms with Crippen LogP contribution in [-0.2, 0) is 4.79 Å². The maximum absolute atomic E-state index is 12.0. The molecule has 0 saturated heterocycles. The van der Waals surface area contributed by atoms with Crippen LogP contribution in [0.2, 0.25) is 0 Å². The molecule has 0 unspecified atom stereocenters. The molecule has 0 aromatic heterocycles. The van der Waals surface area contributed by atoms with Crippen LogP contribution in [0.5, 0.6) is 5.75 Å². The van der Waals surface area contributed by atoms with E-state index in [1.807, 2.05) is 6.92 Å². The van der Waals surface area contributed by atoms with Crippen molar-refractivity contribution < 1.29 is 18.3 Å². The third kappa shape index (κ3) is 3.41. The number of ether oxygens (including phenoxy) is 1. The van der Waals surface area contributed by atoms with E-state index >= 15 is 0 Å². The van der Waals surface area contributed by atoms with E-state index in [0.717, 1.165) is 5.56 Å². The number of hydrogen-bond donors (Lipinski definition) is 2. The zero-order valence-corrected chi connectivity index (χ0v) is 10.5. The van der Waals surface area contributed by atoms with E-state index < -0.39 is 12.2 Å². The monoisotopic (exact) mass is 270 g/mol. The van der Waals surface area contributed by atoms with Gasteiger partial charge in [-0.3, -0.25) is 4.79 Å². The van der Waals surface area contributed by atoms with Crippen LogP contribution < -0.4 is 15.8 Å². The van der Waals surface area contributed by atoms with Gasteiger partial charge in [0.05, 0.1) is 11.6 Å². The lowest BCUT2D eigenvalue weighted by atomic mass is 10.1. The number of hydrogen-bond acceptors (Lipinski definition) is 3. The van der Waals surface area contributed by atoms with Gasteiger partial charge in [-0.2, -0.15) is 8.78 Å². The van der Waals surface area contributed by atoms with Gasteiger partial charge in [0.2, 0.25) is 5.91 Å². The van der Waals surface area contributed by atoms with Gasteiger partial charge in [0.15, 0.2) is 0 Å². The Kier molecular flexibility index (Phi) is 3.71. The molecule has 0 aliphatic heterocycles. The first-order valence-electron chi connectivity index (χ1n) is 6.05. The fourth-order valence-electron chi connectivity index (χ4n) is 1.72. The van der Waals surface area contributed by atoms with Crippen molar-refractivity contribution in [1.82, 2.24) is 5.32 Å². The standard InChI is InChI=1S/C13H16F2N2O2/c1-8(17-11(18)13(16)6-7-13)9-2-4-10(5-3-9)19-12(14)15/h2-5,8,12H,6-7,16H2,1H3,(H,17,18)/t8-/m0/s1. The smallest absolute Gasteiger partial charge is 0.387 e. The third-order valence-corrected chi connectivity index (χ3v) is 3.19. The molecule has 1 aromatic carbocycles. The lowest BCUT2D eigenvalue weighted by molar-refractivity contribution is -0.123. The summed E-state index contributed by atoms with van der Waals surface area (Å²) in [6.45, 7) is -1.03. The normalized spacial score (nSPS) is 17.9. The zero-order valence-electron chi connectivity index (χ0n) is 10.5. The van der Waals surface area contributed by atoms with Crippen molar-refractivity contribution in [1.29, 1.82) is 0 Å². The highest BCUT2D eigenvalue weighted by molar-refractivity contribution is 5.89. The van der Waals surface area contributed by atoms with Gasteiger partial charge in [-0.25, -0.2) is 0 Å².